The number of nitrogens with zero attached hydrogens (tertiary/aromatic N) is 2. The largest absolute Gasteiger partial charge is 0.372 e. The summed E-state index contributed by atoms with van der Waals surface area (Å²) in [7, 11) is 0. The monoisotopic (exact) mass is 387 g/mol. The van der Waals surface area contributed by atoms with Gasteiger partial charge in [-0.2, -0.15) is 0 Å². The van der Waals surface area contributed by atoms with Crippen LogP contribution in [0, 0.1) is 5.92 Å². The zero-order valence-electron chi connectivity index (χ0n) is 15.7. The van der Waals surface area contributed by atoms with Crippen molar-refractivity contribution in [1.29, 1.82) is 0 Å². The SMILES string of the molecule is CC(C)CNC(=O)CN1C(=O)S/C(=C\c2ccc(N3CCCC3)cc2)C1=O. The van der Waals surface area contributed by atoms with E-state index < -0.39 is 11.1 Å². The fourth-order valence-corrected chi connectivity index (χ4v) is 3.90. The maximum atomic E-state index is 12.5. The topological polar surface area (TPSA) is 69.7 Å². The number of imide groups is 1. The summed E-state index contributed by atoms with van der Waals surface area (Å²) >= 11 is 0.881. The quantitative estimate of drug-likeness (QED) is 0.760. The number of nitrogens with one attached hydrogen (secondary N) is 1. The lowest BCUT2D eigenvalue weighted by atomic mass is 10.2. The van der Waals surface area contributed by atoms with Crippen LogP contribution in [0.5, 0.6) is 0 Å². The average molecular weight is 388 g/mol. The summed E-state index contributed by atoms with van der Waals surface area (Å²) in [5.74, 6) is -0.414. The predicted molar refractivity (Wildman–Crippen MR) is 108 cm³/mol. The number of hydrogen-bond acceptors (Lipinski definition) is 5. The van der Waals surface area contributed by atoms with E-state index in [0.29, 0.717) is 17.4 Å². The van der Waals surface area contributed by atoms with Gasteiger partial charge in [0.1, 0.15) is 6.54 Å². The van der Waals surface area contributed by atoms with E-state index in [1.807, 2.05) is 38.1 Å². The number of hydrogen-bond donors (Lipinski definition) is 1. The molecule has 2 aliphatic heterocycles. The van der Waals surface area contributed by atoms with E-state index in [4.69, 9.17) is 0 Å². The van der Waals surface area contributed by atoms with Gasteiger partial charge >= 0.3 is 0 Å². The van der Waals surface area contributed by atoms with E-state index in [1.165, 1.54) is 18.5 Å². The molecule has 0 aromatic heterocycles. The molecule has 6 nitrogen and oxygen atoms in total. The summed E-state index contributed by atoms with van der Waals surface area (Å²) in [5.41, 5.74) is 2.05. The number of anilines is 1. The molecule has 0 bridgehead atoms. The Bertz CT molecular complexity index is 752. The maximum absolute atomic E-state index is 12.5. The molecule has 0 spiro atoms. The molecule has 144 valence electrons. The lowest BCUT2D eigenvalue weighted by Crippen LogP contribution is -2.40. The van der Waals surface area contributed by atoms with Gasteiger partial charge in [0.2, 0.25) is 5.91 Å². The Hall–Kier alpha value is -2.28. The number of carbonyl (C=O) groups excluding carboxylic acids is 3. The Morgan fingerprint density at radius 2 is 1.85 bits per heavy atom. The molecule has 0 atom stereocenters. The first-order valence-corrected chi connectivity index (χ1v) is 10.1. The van der Waals surface area contributed by atoms with Gasteiger partial charge < -0.3 is 10.2 Å². The lowest BCUT2D eigenvalue weighted by Gasteiger charge is -2.17. The minimum absolute atomic E-state index is 0.234. The Morgan fingerprint density at radius 1 is 1.19 bits per heavy atom. The van der Waals surface area contributed by atoms with Crippen LogP contribution in [0.15, 0.2) is 29.2 Å². The van der Waals surface area contributed by atoms with E-state index in [1.54, 1.807) is 6.08 Å². The van der Waals surface area contributed by atoms with Gasteiger partial charge in [0.15, 0.2) is 0 Å². The van der Waals surface area contributed by atoms with Gasteiger partial charge in [-0.1, -0.05) is 26.0 Å². The second-order valence-electron chi connectivity index (χ2n) is 7.25. The summed E-state index contributed by atoms with van der Waals surface area (Å²) in [6.45, 7) is 6.42. The third kappa shape index (κ3) is 4.91. The first kappa shape index (κ1) is 19.5. The normalized spacial score (nSPS) is 18.9. The molecule has 0 aliphatic carbocycles. The third-order valence-corrected chi connectivity index (χ3v) is 5.45. The van der Waals surface area contributed by atoms with Crippen molar-refractivity contribution in [3.63, 3.8) is 0 Å². The zero-order valence-corrected chi connectivity index (χ0v) is 16.6. The molecular weight excluding hydrogens is 362 g/mol. The highest BCUT2D eigenvalue weighted by atomic mass is 32.2. The van der Waals surface area contributed by atoms with Crippen LogP contribution in [0.3, 0.4) is 0 Å². The van der Waals surface area contributed by atoms with Gasteiger partial charge in [0.05, 0.1) is 4.91 Å². The smallest absolute Gasteiger partial charge is 0.294 e. The van der Waals surface area contributed by atoms with Crippen molar-refractivity contribution in [3.8, 4) is 0 Å². The van der Waals surface area contributed by atoms with Crippen LogP contribution < -0.4 is 10.2 Å². The van der Waals surface area contributed by atoms with Crippen LogP contribution in [-0.2, 0) is 9.59 Å². The Morgan fingerprint density at radius 3 is 2.48 bits per heavy atom. The standard InChI is InChI=1S/C20H25N3O3S/c1-14(2)12-21-18(24)13-23-19(25)17(27-20(23)26)11-15-5-7-16(8-6-15)22-9-3-4-10-22/h5-8,11,14H,3-4,9-10,12-13H2,1-2H3,(H,21,24)/b17-11-. The van der Waals surface area contributed by atoms with E-state index in [2.05, 4.69) is 10.2 Å². The fraction of sp³-hybridized carbons (Fsp3) is 0.450. The summed E-state index contributed by atoms with van der Waals surface area (Å²) in [4.78, 5) is 40.3. The molecule has 0 saturated carbocycles. The van der Waals surface area contributed by atoms with Crippen LogP contribution in [0.4, 0.5) is 10.5 Å². The van der Waals surface area contributed by atoms with E-state index in [9.17, 15) is 14.4 Å². The summed E-state index contributed by atoms with van der Waals surface area (Å²) in [6.07, 6.45) is 4.16. The number of thioether (sulfide) groups is 1. The molecule has 2 aliphatic rings. The van der Waals surface area contributed by atoms with Gasteiger partial charge in [-0.25, -0.2) is 0 Å². The third-order valence-electron chi connectivity index (χ3n) is 4.54. The van der Waals surface area contributed by atoms with Crippen LogP contribution in [0.1, 0.15) is 32.3 Å². The molecule has 2 fully saturated rings. The average Bonchev–Trinajstić information content (AvgIpc) is 3.26. The van der Waals surface area contributed by atoms with Crippen LogP contribution >= 0.6 is 11.8 Å². The molecule has 3 amide bonds. The van der Waals surface area contributed by atoms with Crippen molar-refractivity contribution in [3.05, 3.63) is 34.7 Å². The Kier molecular flexibility index (Phi) is 6.21. The number of amides is 3. The molecular formula is C20H25N3O3S. The predicted octanol–water partition coefficient (Wildman–Crippen LogP) is 3.10. The van der Waals surface area contributed by atoms with Gasteiger partial charge in [0.25, 0.3) is 11.1 Å². The number of benzene rings is 1. The van der Waals surface area contributed by atoms with E-state index >= 15 is 0 Å². The van der Waals surface area contributed by atoms with Crippen LogP contribution in [0.25, 0.3) is 6.08 Å². The second kappa shape index (κ2) is 8.61. The van der Waals surface area contributed by atoms with Crippen LogP contribution in [0.2, 0.25) is 0 Å². The highest BCUT2D eigenvalue weighted by Gasteiger charge is 2.36. The molecule has 2 saturated heterocycles. The Balaban J connectivity index is 1.64. The lowest BCUT2D eigenvalue weighted by molar-refractivity contribution is -0.129. The minimum atomic E-state index is -0.409. The van der Waals surface area contributed by atoms with Crippen molar-refractivity contribution in [1.82, 2.24) is 10.2 Å². The van der Waals surface area contributed by atoms with Gasteiger partial charge in [0, 0.05) is 25.3 Å². The van der Waals surface area contributed by atoms with Gasteiger partial charge in [-0.05, 0) is 54.3 Å². The summed E-state index contributed by atoms with van der Waals surface area (Å²) < 4.78 is 0. The first-order chi connectivity index (χ1) is 12.9. The molecule has 2 heterocycles. The molecule has 3 rings (SSSR count). The second-order valence-corrected chi connectivity index (χ2v) is 8.24. The molecule has 1 N–H and O–H groups in total. The molecule has 1 aromatic carbocycles. The highest BCUT2D eigenvalue weighted by molar-refractivity contribution is 8.18. The maximum Gasteiger partial charge on any atom is 0.294 e. The van der Waals surface area contributed by atoms with Crippen molar-refractivity contribution in [2.75, 3.05) is 31.1 Å². The molecule has 0 radical (unpaired) electrons. The van der Waals surface area contributed by atoms with Gasteiger partial charge in [-0.15, -0.1) is 0 Å². The van der Waals surface area contributed by atoms with Crippen LogP contribution in [-0.4, -0.2) is 48.1 Å². The fourth-order valence-electron chi connectivity index (χ4n) is 3.06. The zero-order chi connectivity index (χ0) is 19.4. The van der Waals surface area contributed by atoms with E-state index in [0.717, 1.165) is 35.3 Å². The summed E-state index contributed by atoms with van der Waals surface area (Å²) in [5, 5.41) is 2.33. The van der Waals surface area contributed by atoms with E-state index in [-0.39, 0.29) is 12.5 Å². The van der Waals surface area contributed by atoms with Crippen molar-refractivity contribution >= 4 is 40.6 Å². The highest BCUT2D eigenvalue weighted by Crippen LogP contribution is 2.32. The minimum Gasteiger partial charge on any atom is -0.372 e. The molecule has 1 aromatic rings. The van der Waals surface area contributed by atoms with Crippen molar-refractivity contribution in [2.45, 2.75) is 26.7 Å². The molecule has 7 heteroatoms. The van der Waals surface area contributed by atoms with Gasteiger partial charge in [-0.3, -0.25) is 19.3 Å². The summed E-state index contributed by atoms with van der Waals surface area (Å²) in [6, 6.07) is 8.00. The molecule has 27 heavy (non-hydrogen) atoms. The Labute approximate surface area is 164 Å². The number of carbonyl (C=O) groups is 3. The van der Waals surface area contributed by atoms with Crippen molar-refractivity contribution < 1.29 is 14.4 Å². The van der Waals surface area contributed by atoms with Crippen molar-refractivity contribution in [2.24, 2.45) is 5.92 Å². The molecule has 0 unspecified atom stereocenters. The number of rotatable bonds is 6. The first-order valence-electron chi connectivity index (χ1n) is 9.31.